The molecule has 0 saturated carbocycles. The van der Waals surface area contributed by atoms with Crippen molar-refractivity contribution in [2.45, 2.75) is 13.0 Å². The Kier molecular flexibility index (Phi) is 4.00. The predicted molar refractivity (Wildman–Crippen MR) is 69.8 cm³/mol. The Bertz CT molecular complexity index is 581. The van der Waals surface area contributed by atoms with Gasteiger partial charge in [0.25, 0.3) is 0 Å². The fraction of sp³-hybridized carbons (Fsp3) is 0.143. The van der Waals surface area contributed by atoms with Gasteiger partial charge in [0, 0.05) is 12.1 Å². The maximum Gasteiger partial charge on any atom is 0.126 e. The maximum absolute atomic E-state index is 13.1. The van der Waals surface area contributed by atoms with Crippen LogP contribution in [0.15, 0.2) is 36.4 Å². The standard InChI is InChI=1S/C14H11ClF3N/c1-8(9-4-11(17)6-12(18)5-9)19-14-7-10(16)2-3-13(14)15/h2-8,19H,1H3. The first-order valence-corrected chi connectivity index (χ1v) is 6.01. The van der Waals surface area contributed by atoms with Crippen LogP contribution in [0, 0.1) is 17.5 Å². The first-order valence-electron chi connectivity index (χ1n) is 5.63. The van der Waals surface area contributed by atoms with Crippen LogP contribution in [0.4, 0.5) is 18.9 Å². The molecular formula is C14H11ClF3N. The highest BCUT2D eigenvalue weighted by Gasteiger charge is 2.11. The van der Waals surface area contributed by atoms with Crippen molar-refractivity contribution in [1.29, 1.82) is 0 Å². The van der Waals surface area contributed by atoms with Crippen molar-refractivity contribution in [3.05, 3.63) is 64.4 Å². The van der Waals surface area contributed by atoms with Crippen molar-refractivity contribution in [2.24, 2.45) is 0 Å². The van der Waals surface area contributed by atoms with Crippen LogP contribution in [-0.4, -0.2) is 0 Å². The molecule has 1 N–H and O–H groups in total. The van der Waals surface area contributed by atoms with Gasteiger partial charge < -0.3 is 5.32 Å². The lowest BCUT2D eigenvalue weighted by Gasteiger charge is -2.17. The van der Waals surface area contributed by atoms with Gasteiger partial charge in [0.1, 0.15) is 17.5 Å². The third kappa shape index (κ3) is 3.41. The van der Waals surface area contributed by atoms with E-state index < -0.39 is 23.5 Å². The van der Waals surface area contributed by atoms with E-state index in [2.05, 4.69) is 5.32 Å². The third-order valence-electron chi connectivity index (χ3n) is 2.69. The van der Waals surface area contributed by atoms with E-state index in [0.29, 0.717) is 16.3 Å². The summed E-state index contributed by atoms with van der Waals surface area (Å²) < 4.78 is 39.3. The lowest BCUT2D eigenvalue weighted by molar-refractivity contribution is 0.577. The van der Waals surface area contributed by atoms with E-state index in [9.17, 15) is 13.2 Å². The highest BCUT2D eigenvalue weighted by molar-refractivity contribution is 6.33. The number of rotatable bonds is 3. The summed E-state index contributed by atoms with van der Waals surface area (Å²) in [6.45, 7) is 1.70. The van der Waals surface area contributed by atoms with Crippen LogP contribution in [0.1, 0.15) is 18.5 Å². The van der Waals surface area contributed by atoms with Gasteiger partial charge in [0.05, 0.1) is 10.7 Å². The third-order valence-corrected chi connectivity index (χ3v) is 3.01. The Labute approximate surface area is 114 Å². The molecule has 0 aliphatic rings. The molecule has 1 atom stereocenters. The minimum atomic E-state index is -0.658. The highest BCUT2D eigenvalue weighted by Crippen LogP contribution is 2.27. The molecule has 5 heteroatoms. The van der Waals surface area contributed by atoms with E-state index in [0.717, 1.165) is 6.07 Å². The second-order valence-corrected chi connectivity index (χ2v) is 4.60. The van der Waals surface area contributed by atoms with Crippen LogP contribution >= 0.6 is 11.6 Å². The second kappa shape index (κ2) is 5.53. The second-order valence-electron chi connectivity index (χ2n) is 4.19. The van der Waals surface area contributed by atoms with Crippen molar-refractivity contribution in [3.8, 4) is 0 Å². The molecule has 0 saturated heterocycles. The zero-order valence-electron chi connectivity index (χ0n) is 10.1. The molecule has 0 heterocycles. The monoisotopic (exact) mass is 285 g/mol. The number of hydrogen-bond acceptors (Lipinski definition) is 1. The molecule has 0 fully saturated rings. The number of anilines is 1. The predicted octanol–water partition coefficient (Wildman–Crippen LogP) is 4.93. The Morgan fingerprint density at radius 2 is 1.58 bits per heavy atom. The van der Waals surface area contributed by atoms with E-state index >= 15 is 0 Å². The molecule has 0 bridgehead atoms. The first-order chi connectivity index (χ1) is 8.95. The summed E-state index contributed by atoms with van der Waals surface area (Å²) in [5.41, 5.74) is 0.789. The van der Waals surface area contributed by atoms with Crippen LogP contribution < -0.4 is 5.32 Å². The lowest BCUT2D eigenvalue weighted by atomic mass is 10.1. The average Bonchev–Trinajstić information content (AvgIpc) is 2.32. The molecular weight excluding hydrogens is 275 g/mol. The van der Waals surface area contributed by atoms with Crippen LogP contribution in [-0.2, 0) is 0 Å². The van der Waals surface area contributed by atoms with Crippen molar-refractivity contribution in [1.82, 2.24) is 0 Å². The van der Waals surface area contributed by atoms with Gasteiger partial charge >= 0.3 is 0 Å². The van der Waals surface area contributed by atoms with Crippen molar-refractivity contribution >= 4 is 17.3 Å². The summed E-state index contributed by atoms with van der Waals surface area (Å²) in [6, 6.07) is 6.70. The SMILES string of the molecule is CC(Nc1cc(F)ccc1Cl)c1cc(F)cc(F)c1. The Morgan fingerprint density at radius 1 is 0.947 bits per heavy atom. The van der Waals surface area contributed by atoms with Crippen LogP contribution in [0.5, 0.6) is 0 Å². The molecule has 0 aliphatic heterocycles. The summed E-state index contributed by atoms with van der Waals surface area (Å²) in [5.74, 6) is -1.76. The number of nitrogens with one attached hydrogen (secondary N) is 1. The minimum absolute atomic E-state index is 0.338. The topological polar surface area (TPSA) is 12.0 Å². The average molecular weight is 286 g/mol. The molecule has 0 amide bonds. The number of halogens is 4. The molecule has 100 valence electrons. The van der Waals surface area contributed by atoms with E-state index in [1.165, 1.54) is 30.3 Å². The van der Waals surface area contributed by atoms with Gasteiger partial charge in [-0.3, -0.25) is 0 Å². The number of benzene rings is 2. The van der Waals surface area contributed by atoms with E-state index in [-0.39, 0.29) is 0 Å². The molecule has 19 heavy (non-hydrogen) atoms. The smallest absolute Gasteiger partial charge is 0.126 e. The summed E-state index contributed by atoms with van der Waals surface area (Å²) in [5, 5.41) is 3.25. The lowest BCUT2D eigenvalue weighted by Crippen LogP contribution is -2.08. The van der Waals surface area contributed by atoms with Gasteiger partial charge in [-0.2, -0.15) is 0 Å². The molecule has 0 spiro atoms. The van der Waals surface area contributed by atoms with Crippen LogP contribution in [0.2, 0.25) is 5.02 Å². The van der Waals surface area contributed by atoms with Crippen molar-refractivity contribution < 1.29 is 13.2 Å². The summed E-state index contributed by atoms with van der Waals surface area (Å²) in [6.07, 6.45) is 0. The molecule has 2 rings (SSSR count). The molecule has 1 nitrogen and oxygen atoms in total. The quantitative estimate of drug-likeness (QED) is 0.843. The Hall–Kier alpha value is -1.68. The summed E-state index contributed by atoms with van der Waals surface area (Å²) in [4.78, 5) is 0. The van der Waals surface area contributed by atoms with E-state index in [1.54, 1.807) is 6.92 Å². The highest BCUT2D eigenvalue weighted by atomic mass is 35.5. The molecule has 2 aromatic carbocycles. The largest absolute Gasteiger partial charge is 0.377 e. The van der Waals surface area contributed by atoms with Gasteiger partial charge in [-0.05, 0) is 42.8 Å². The maximum atomic E-state index is 13.1. The molecule has 2 aromatic rings. The zero-order valence-corrected chi connectivity index (χ0v) is 10.8. The zero-order chi connectivity index (χ0) is 14.0. The Balaban J connectivity index is 2.25. The van der Waals surface area contributed by atoms with Gasteiger partial charge in [0.2, 0.25) is 0 Å². The van der Waals surface area contributed by atoms with E-state index in [4.69, 9.17) is 11.6 Å². The van der Waals surface area contributed by atoms with Crippen LogP contribution in [0.25, 0.3) is 0 Å². The fourth-order valence-electron chi connectivity index (χ4n) is 1.75. The number of hydrogen-bond donors (Lipinski definition) is 1. The van der Waals surface area contributed by atoms with Gasteiger partial charge in [-0.25, -0.2) is 13.2 Å². The van der Waals surface area contributed by atoms with Gasteiger partial charge in [-0.1, -0.05) is 11.6 Å². The summed E-state index contributed by atoms with van der Waals surface area (Å²) >= 11 is 5.91. The molecule has 0 aromatic heterocycles. The Morgan fingerprint density at radius 3 is 2.21 bits per heavy atom. The van der Waals surface area contributed by atoms with Gasteiger partial charge in [0.15, 0.2) is 0 Å². The van der Waals surface area contributed by atoms with E-state index in [1.807, 2.05) is 0 Å². The van der Waals surface area contributed by atoms with Crippen molar-refractivity contribution in [3.63, 3.8) is 0 Å². The van der Waals surface area contributed by atoms with Crippen molar-refractivity contribution in [2.75, 3.05) is 5.32 Å². The first kappa shape index (κ1) is 13.7. The minimum Gasteiger partial charge on any atom is -0.377 e. The normalized spacial score (nSPS) is 12.3. The molecule has 0 radical (unpaired) electrons. The summed E-state index contributed by atoms with van der Waals surface area (Å²) in [7, 11) is 0. The fourth-order valence-corrected chi connectivity index (χ4v) is 1.92. The van der Waals surface area contributed by atoms with Crippen LogP contribution in [0.3, 0.4) is 0 Å². The molecule has 0 aliphatic carbocycles. The molecule has 1 unspecified atom stereocenters. The van der Waals surface area contributed by atoms with Gasteiger partial charge in [-0.15, -0.1) is 0 Å².